The van der Waals surface area contributed by atoms with E-state index in [9.17, 15) is 4.79 Å². The molecule has 4 rings (SSSR count). The summed E-state index contributed by atoms with van der Waals surface area (Å²) >= 11 is 0. The lowest BCUT2D eigenvalue weighted by molar-refractivity contribution is -0.117. The van der Waals surface area contributed by atoms with Gasteiger partial charge >= 0.3 is 0 Å². The third-order valence-corrected chi connectivity index (χ3v) is 5.94. The Morgan fingerprint density at radius 3 is 2.42 bits per heavy atom. The molecule has 1 amide bonds. The van der Waals surface area contributed by atoms with Crippen molar-refractivity contribution in [3.05, 3.63) is 89.5 Å². The summed E-state index contributed by atoms with van der Waals surface area (Å²) in [5.41, 5.74) is 4.44. The van der Waals surface area contributed by atoms with Gasteiger partial charge in [0.15, 0.2) is 11.5 Å². The van der Waals surface area contributed by atoms with Crippen molar-refractivity contribution in [2.75, 3.05) is 18.1 Å². The Bertz CT molecular complexity index is 1050. The molecule has 5 heteroatoms. The zero-order chi connectivity index (χ0) is 23.0. The van der Waals surface area contributed by atoms with Gasteiger partial charge in [-0.1, -0.05) is 48.5 Å². The van der Waals surface area contributed by atoms with Crippen LogP contribution in [0.3, 0.4) is 0 Å². The number of ether oxygens (including phenoxy) is 2. The van der Waals surface area contributed by atoms with E-state index in [-0.39, 0.29) is 11.9 Å². The molecule has 1 fully saturated rings. The summed E-state index contributed by atoms with van der Waals surface area (Å²) in [5, 5.41) is 3.58. The Balaban J connectivity index is 1.36. The van der Waals surface area contributed by atoms with Crippen molar-refractivity contribution >= 4 is 11.6 Å². The molecule has 1 aliphatic rings. The summed E-state index contributed by atoms with van der Waals surface area (Å²) in [6.07, 6.45) is 1.60. The average Bonchev–Trinajstić information content (AvgIpc) is 3.28. The van der Waals surface area contributed by atoms with Crippen LogP contribution in [0.25, 0.3) is 0 Å². The molecule has 0 aromatic heterocycles. The Kier molecular flexibility index (Phi) is 7.63. The first-order chi connectivity index (χ1) is 16.1. The maximum Gasteiger partial charge on any atom is 0.227 e. The van der Waals surface area contributed by atoms with Crippen LogP contribution < -0.4 is 19.7 Å². The predicted molar refractivity (Wildman–Crippen MR) is 132 cm³/mol. The highest BCUT2D eigenvalue weighted by atomic mass is 16.5. The van der Waals surface area contributed by atoms with Crippen molar-refractivity contribution in [3.8, 4) is 11.5 Å². The second-order valence-electron chi connectivity index (χ2n) is 8.33. The van der Waals surface area contributed by atoms with Gasteiger partial charge in [0.2, 0.25) is 5.91 Å². The number of benzene rings is 3. The van der Waals surface area contributed by atoms with Gasteiger partial charge in [-0.3, -0.25) is 4.79 Å². The average molecular weight is 445 g/mol. The molecule has 1 heterocycles. The Labute approximate surface area is 196 Å². The summed E-state index contributed by atoms with van der Waals surface area (Å²) < 4.78 is 11.9. The molecule has 0 saturated carbocycles. The van der Waals surface area contributed by atoms with Crippen molar-refractivity contribution < 1.29 is 14.3 Å². The van der Waals surface area contributed by atoms with Crippen LogP contribution in [0.15, 0.2) is 72.8 Å². The van der Waals surface area contributed by atoms with Gasteiger partial charge in [0.25, 0.3) is 0 Å². The molecule has 0 radical (unpaired) electrons. The number of amides is 1. The number of rotatable bonds is 10. The van der Waals surface area contributed by atoms with Crippen LogP contribution >= 0.6 is 0 Å². The zero-order valence-corrected chi connectivity index (χ0v) is 19.4. The minimum atomic E-state index is 0.179. The van der Waals surface area contributed by atoms with E-state index in [1.807, 2.05) is 54.3 Å². The van der Waals surface area contributed by atoms with Gasteiger partial charge in [-0.2, -0.15) is 0 Å². The lowest BCUT2D eigenvalue weighted by atomic mass is 10.1. The number of nitrogens with one attached hydrogen (secondary N) is 1. The van der Waals surface area contributed by atoms with E-state index in [0.29, 0.717) is 26.2 Å². The molecule has 1 unspecified atom stereocenters. The lowest BCUT2D eigenvalue weighted by Crippen LogP contribution is -2.23. The summed E-state index contributed by atoms with van der Waals surface area (Å²) in [6, 6.07) is 24.7. The van der Waals surface area contributed by atoms with Gasteiger partial charge in [0, 0.05) is 31.2 Å². The summed E-state index contributed by atoms with van der Waals surface area (Å²) in [5.74, 6) is 1.74. The van der Waals surface area contributed by atoms with E-state index in [2.05, 4.69) is 42.6 Å². The minimum Gasteiger partial charge on any atom is -0.490 e. The van der Waals surface area contributed by atoms with Crippen LogP contribution in [0.2, 0.25) is 0 Å². The standard InChI is InChI=1S/C28H32N2O3/c1-3-32-27-18-23(11-16-26(27)33-20-22-8-5-4-6-9-22)19-29-21(2)24-12-14-25(15-13-24)30-17-7-10-28(30)31/h4-6,8-9,11-16,18,21,29H,3,7,10,17,19-20H2,1-2H3. The van der Waals surface area contributed by atoms with E-state index >= 15 is 0 Å². The lowest BCUT2D eigenvalue weighted by Gasteiger charge is -2.19. The highest BCUT2D eigenvalue weighted by Gasteiger charge is 2.21. The van der Waals surface area contributed by atoms with Crippen LogP contribution in [0.1, 0.15) is 49.4 Å². The fourth-order valence-corrected chi connectivity index (χ4v) is 4.04. The molecule has 33 heavy (non-hydrogen) atoms. The van der Waals surface area contributed by atoms with Crippen LogP contribution in [0.5, 0.6) is 11.5 Å². The molecule has 1 aliphatic heterocycles. The molecule has 3 aromatic rings. The van der Waals surface area contributed by atoms with Crippen LogP contribution in [-0.2, 0) is 17.9 Å². The number of carbonyl (C=O) groups is 1. The van der Waals surface area contributed by atoms with Crippen molar-refractivity contribution in [1.82, 2.24) is 5.32 Å². The molecule has 1 atom stereocenters. The van der Waals surface area contributed by atoms with E-state index < -0.39 is 0 Å². The zero-order valence-electron chi connectivity index (χ0n) is 19.4. The van der Waals surface area contributed by atoms with Gasteiger partial charge in [0.1, 0.15) is 6.61 Å². The molecule has 0 spiro atoms. The minimum absolute atomic E-state index is 0.179. The first-order valence-corrected chi connectivity index (χ1v) is 11.7. The van der Waals surface area contributed by atoms with Crippen molar-refractivity contribution in [2.45, 2.75) is 45.9 Å². The number of nitrogens with zero attached hydrogens (tertiary/aromatic N) is 1. The molecule has 172 valence electrons. The van der Waals surface area contributed by atoms with E-state index in [4.69, 9.17) is 9.47 Å². The van der Waals surface area contributed by atoms with Crippen LogP contribution in [0, 0.1) is 0 Å². The van der Waals surface area contributed by atoms with Gasteiger partial charge in [-0.05, 0) is 61.2 Å². The fourth-order valence-electron chi connectivity index (χ4n) is 4.04. The van der Waals surface area contributed by atoms with Gasteiger partial charge < -0.3 is 19.7 Å². The maximum atomic E-state index is 12.0. The van der Waals surface area contributed by atoms with Gasteiger partial charge in [0.05, 0.1) is 6.61 Å². The first kappa shape index (κ1) is 22.9. The third-order valence-electron chi connectivity index (χ3n) is 5.94. The predicted octanol–water partition coefficient (Wildman–Crippen LogP) is 5.64. The van der Waals surface area contributed by atoms with Crippen molar-refractivity contribution in [1.29, 1.82) is 0 Å². The second kappa shape index (κ2) is 11.0. The molecule has 1 saturated heterocycles. The molecule has 0 aliphatic carbocycles. The second-order valence-corrected chi connectivity index (χ2v) is 8.33. The van der Waals surface area contributed by atoms with Gasteiger partial charge in [-0.25, -0.2) is 0 Å². The van der Waals surface area contributed by atoms with E-state index in [1.165, 1.54) is 5.56 Å². The van der Waals surface area contributed by atoms with Crippen molar-refractivity contribution in [2.24, 2.45) is 0 Å². The number of hydrogen-bond acceptors (Lipinski definition) is 4. The highest BCUT2D eigenvalue weighted by Crippen LogP contribution is 2.30. The van der Waals surface area contributed by atoms with E-state index in [1.54, 1.807) is 0 Å². The number of anilines is 1. The Morgan fingerprint density at radius 1 is 0.939 bits per heavy atom. The highest BCUT2D eigenvalue weighted by molar-refractivity contribution is 5.95. The summed E-state index contributed by atoms with van der Waals surface area (Å²) in [7, 11) is 0. The largest absolute Gasteiger partial charge is 0.490 e. The molecule has 5 nitrogen and oxygen atoms in total. The number of hydrogen-bond donors (Lipinski definition) is 1. The SMILES string of the molecule is CCOc1cc(CNC(C)c2ccc(N3CCCC3=O)cc2)ccc1OCc1ccccc1. The molecular weight excluding hydrogens is 412 g/mol. The summed E-state index contributed by atoms with van der Waals surface area (Å²) in [4.78, 5) is 13.8. The molecule has 3 aromatic carbocycles. The quantitative estimate of drug-likeness (QED) is 0.440. The normalized spacial score (nSPS) is 14.4. The van der Waals surface area contributed by atoms with Crippen LogP contribution in [-0.4, -0.2) is 19.1 Å². The maximum absolute atomic E-state index is 12.0. The molecule has 0 bridgehead atoms. The van der Waals surface area contributed by atoms with Gasteiger partial charge in [-0.15, -0.1) is 0 Å². The fraction of sp³-hybridized carbons (Fsp3) is 0.321. The number of carbonyl (C=O) groups excluding carboxylic acids is 1. The van der Waals surface area contributed by atoms with Crippen LogP contribution in [0.4, 0.5) is 5.69 Å². The monoisotopic (exact) mass is 444 g/mol. The van der Waals surface area contributed by atoms with Crippen molar-refractivity contribution in [3.63, 3.8) is 0 Å². The third kappa shape index (κ3) is 5.93. The van der Waals surface area contributed by atoms with E-state index in [0.717, 1.165) is 41.3 Å². The molecular formula is C28H32N2O3. The topological polar surface area (TPSA) is 50.8 Å². The Morgan fingerprint density at radius 2 is 1.73 bits per heavy atom. The smallest absolute Gasteiger partial charge is 0.227 e. The first-order valence-electron chi connectivity index (χ1n) is 11.7. The molecule has 1 N–H and O–H groups in total. The summed E-state index contributed by atoms with van der Waals surface area (Å²) in [6.45, 7) is 6.76. The Hall–Kier alpha value is -3.31.